The van der Waals surface area contributed by atoms with Crippen molar-refractivity contribution in [3.8, 4) is 0 Å². The highest BCUT2D eigenvalue weighted by Crippen LogP contribution is 2.38. The lowest BCUT2D eigenvalue weighted by molar-refractivity contribution is 0.160. The van der Waals surface area contributed by atoms with Gasteiger partial charge in [0, 0.05) is 31.9 Å². The van der Waals surface area contributed by atoms with Crippen LogP contribution in [0.5, 0.6) is 0 Å². The second kappa shape index (κ2) is 5.74. The van der Waals surface area contributed by atoms with Gasteiger partial charge in [0.1, 0.15) is 0 Å². The maximum atomic E-state index is 6.23. The molecule has 0 spiro atoms. The van der Waals surface area contributed by atoms with Gasteiger partial charge in [0.15, 0.2) is 0 Å². The van der Waals surface area contributed by atoms with E-state index in [-0.39, 0.29) is 5.54 Å². The fourth-order valence-electron chi connectivity index (χ4n) is 3.92. The van der Waals surface area contributed by atoms with Gasteiger partial charge in [0.05, 0.1) is 5.54 Å². The average molecular weight is 273 g/mol. The van der Waals surface area contributed by atoms with Crippen molar-refractivity contribution in [1.82, 2.24) is 4.90 Å². The average Bonchev–Trinajstić information content (AvgIpc) is 2.93. The molecule has 1 fully saturated rings. The van der Waals surface area contributed by atoms with Crippen LogP contribution in [0.15, 0.2) is 24.3 Å². The SMILES string of the molecule is CCCN1CCC(CN)(N2CCc3ccccc32)CC1. The van der Waals surface area contributed by atoms with E-state index in [4.69, 9.17) is 5.73 Å². The van der Waals surface area contributed by atoms with E-state index in [2.05, 4.69) is 41.0 Å². The summed E-state index contributed by atoms with van der Waals surface area (Å²) < 4.78 is 0. The van der Waals surface area contributed by atoms with E-state index < -0.39 is 0 Å². The minimum Gasteiger partial charge on any atom is -0.364 e. The number of anilines is 1. The van der Waals surface area contributed by atoms with Gasteiger partial charge in [-0.2, -0.15) is 0 Å². The largest absolute Gasteiger partial charge is 0.364 e. The number of nitrogens with zero attached hydrogens (tertiary/aromatic N) is 2. The number of hydrogen-bond acceptors (Lipinski definition) is 3. The smallest absolute Gasteiger partial charge is 0.0548 e. The maximum Gasteiger partial charge on any atom is 0.0548 e. The van der Waals surface area contributed by atoms with Crippen LogP contribution in [0.25, 0.3) is 0 Å². The van der Waals surface area contributed by atoms with E-state index >= 15 is 0 Å². The molecule has 0 saturated carbocycles. The molecule has 3 rings (SSSR count). The van der Waals surface area contributed by atoms with E-state index in [0.29, 0.717) is 0 Å². The highest BCUT2D eigenvalue weighted by atomic mass is 15.3. The fraction of sp³-hybridized carbons (Fsp3) is 0.647. The lowest BCUT2D eigenvalue weighted by atomic mass is 9.85. The quantitative estimate of drug-likeness (QED) is 0.913. The van der Waals surface area contributed by atoms with Crippen LogP contribution < -0.4 is 10.6 Å². The minimum absolute atomic E-state index is 0.191. The zero-order valence-electron chi connectivity index (χ0n) is 12.6. The van der Waals surface area contributed by atoms with E-state index in [0.717, 1.165) is 13.1 Å². The van der Waals surface area contributed by atoms with Gasteiger partial charge in [-0.3, -0.25) is 0 Å². The molecule has 3 nitrogen and oxygen atoms in total. The van der Waals surface area contributed by atoms with Crippen molar-refractivity contribution in [2.24, 2.45) is 5.73 Å². The van der Waals surface area contributed by atoms with Crippen LogP contribution in [-0.2, 0) is 6.42 Å². The van der Waals surface area contributed by atoms with Gasteiger partial charge >= 0.3 is 0 Å². The summed E-state index contributed by atoms with van der Waals surface area (Å²) in [5, 5.41) is 0. The molecule has 0 aromatic heterocycles. The molecule has 0 aliphatic carbocycles. The Morgan fingerprint density at radius 3 is 2.60 bits per heavy atom. The predicted molar refractivity (Wildman–Crippen MR) is 85.2 cm³/mol. The number of rotatable bonds is 4. The summed E-state index contributed by atoms with van der Waals surface area (Å²) in [4.78, 5) is 5.21. The monoisotopic (exact) mass is 273 g/mol. The minimum atomic E-state index is 0.191. The molecule has 0 bridgehead atoms. The first-order valence-corrected chi connectivity index (χ1v) is 8.07. The van der Waals surface area contributed by atoms with E-state index in [1.54, 1.807) is 0 Å². The normalized spacial score (nSPS) is 22.0. The van der Waals surface area contributed by atoms with Crippen molar-refractivity contribution in [1.29, 1.82) is 0 Å². The standard InChI is InChI=1S/C17H27N3/c1-2-10-19-12-8-17(14-18,9-13-19)20-11-7-15-5-3-4-6-16(15)20/h3-6H,2,7-14,18H2,1H3. The van der Waals surface area contributed by atoms with Gasteiger partial charge in [-0.05, 0) is 43.9 Å². The lowest BCUT2D eigenvalue weighted by Crippen LogP contribution is -2.59. The predicted octanol–water partition coefficient (Wildman–Crippen LogP) is 2.25. The number of benzene rings is 1. The zero-order chi connectivity index (χ0) is 14.0. The Kier molecular flexibility index (Phi) is 3.99. The first-order chi connectivity index (χ1) is 9.79. The summed E-state index contributed by atoms with van der Waals surface area (Å²) in [5.41, 5.74) is 9.35. The zero-order valence-corrected chi connectivity index (χ0v) is 12.6. The second-order valence-corrected chi connectivity index (χ2v) is 6.30. The van der Waals surface area contributed by atoms with Crippen LogP contribution >= 0.6 is 0 Å². The van der Waals surface area contributed by atoms with Crippen molar-refractivity contribution in [3.63, 3.8) is 0 Å². The van der Waals surface area contributed by atoms with E-state index in [9.17, 15) is 0 Å². The molecular weight excluding hydrogens is 246 g/mol. The molecule has 1 aromatic rings. The molecule has 0 radical (unpaired) electrons. The van der Waals surface area contributed by atoms with Crippen molar-refractivity contribution >= 4 is 5.69 Å². The van der Waals surface area contributed by atoms with Gasteiger partial charge in [0.2, 0.25) is 0 Å². The molecule has 20 heavy (non-hydrogen) atoms. The van der Waals surface area contributed by atoms with Crippen molar-refractivity contribution in [3.05, 3.63) is 29.8 Å². The summed E-state index contributed by atoms with van der Waals surface area (Å²) >= 11 is 0. The molecule has 2 N–H and O–H groups in total. The van der Waals surface area contributed by atoms with Gasteiger partial charge in [0.25, 0.3) is 0 Å². The van der Waals surface area contributed by atoms with Gasteiger partial charge < -0.3 is 15.5 Å². The lowest BCUT2D eigenvalue weighted by Gasteiger charge is -2.48. The van der Waals surface area contributed by atoms with Crippen molar-refractivity contribution in [2.75, 3.05) is 37.6 Å². The first-order valence-electron chi connectivity index (χ1n) is 8.07. The molecule has 110 valence electrons. The third-order valence-electron chi connectivity index (χ3n) is 5.17. The van der Waals surface area contributed by atoms with Crippen LogP contribution in [0.1, 0.15) is 31.7 Å². The third-order valence-corrected chi connectivity index (χ3v) is 5.17. The van der Waals surface area contributed by atoms with Gasteiger partial charge in [-0.15, -0.1) is 0 Å². The Hall–Kier alpha value is -1.06. The summed E-state index contributed by atoms with van der Waals surface area (Å²) in [6.07, 6.45) is 4.84. The Labute approximate surface area is 122 Å². The van der Waals surface area contributed by atoms with Crippen molar-refractivity contribution < 1.29 is 0 Å². The Morgan fingerprint density at radius 1 is 1.15 bits per heavy atom. The molecule has 3 heteroatoms. The molecule has 2 aliphatic heterocycles. The van der Waals surface area contributed by atoms with E-state index in [1.165, 1.54) is 56.6 Å². The maximum absolute atomic E-state index is 6.23. The number of nitrogens with two attached hydrogens (primary N) is 1. The Bertz CT molecular complexity index is 449. The van der Waals surface area contributed by atoms with Gasteiger partial charge in [-0.1, -0.05) is 25.1 Å². The molecule has 2 heterocycles. The van der Waals surface area contributed by atoms with E-state index in [1.807, 2.05) is 0 Å². The topological polar surface area (TPSA) is 32.5 Å². The summed E-state index contributed by atoms with van der Waals surface area (Å²) in [6.45, 7) is 7.82. The number of para-hydroxylation sites is 1. The van der Waals surface area contributed by atoms with Crippen LogP contribution in [0.3, 0.4) is 0 Å². The molecule has 1 saturated heterocycles. The fourth-order valence-corrected chi connectivity index (χ4v) is 3.92. The summed E-state index contributed by atoms with van der Waals surface area (Å²) in [6, 6.07) is 8.86. The molecule has 0 amide bonds. The molecule has 0 atom stereocenters. The molecule has 0 unspecified atom stereocenters. The number of hydrogen-bond donors (Lipinski definition) is 1. The Morgan fingerprint density at radius 2 is 1.90 bits per heavy atom. The Balaban J connectivity index is 1.78. The van der Waals surface area contributed by atoms with Gasteiger partial charge in [-0.25, -0.2) is 0 Å². The number of likely N-dealkylation sites (tertiary alicyclic amines) is 1. The third kappa shape index (κ3) is 2.33. The van der Waals surface area contributed by atoms with Crippen LogP contribution in [0.4, 0.5) is 5.69 Å². The van der Waals surface area contributed by atoms with Crippen LogP contribution in [0.2, 0.25) is 0 Å². The van der Waals surface area contributed by atoms with Crippen molar-refractivity contribution in [2.45, 2.75) is 38.1 Å². The highest BCUT2D eigenvalue weighted by Gasteiger charge is 2.41. The first kappa shape index (κ1) is 13.9. The number of fused-ring (bicyclic) bond motifs is 1. The molecule has 2 aliphatic rings. The second-order valence-electron chi connectivity index (χ2n) is 6.30. The number of piperidine rings is 1. The molecular formula is C17H27N3. The summed E-state index contributed by atoms with van der Waals surface area (Å²) in [5.74, 6) is 0. The summed E-state index contributed by atoms with van der Waals surface area (Å²) in [7, 11) is 0. The van der Waals surface area contributed by atoms with Crippen LogP contribution in [-0.4, -0.2) is 43.2 Å². The highest BCUT2D eigenvalue weighted by molar-refractivity contribution is 5.60. The molecule has 1 aromatic carbocycles. The van der Waals surface area contributed by atoms with Crippen LogP contribution in [0, 0.1) is 0 Å².